The van der Waals surface area contributed by atoms with E-state index in [1.807, 2.05) is 11.9 Å². The molecular weight excluding hydrogens is 240 g/mol. The van der Waals surface area contributed by atoms with Gasteiger partial charge in [-0.15, -0.1) is 0 Å². The van der Waals surface area contributed by atoms with Crippen LogP contribution in [-0.2, 0) is 4.79 Å². The number of aliphatic carboxylic acids is 1. The molecule has 2 rings (SSSR count). The number of carboxylic acid groups (broad SMARTS) is 1. The summed E-state index contributed by atoms with van der Waals surface area (Å²) in [6.07, 6.45) is 9.34. The zero-order valence-corrected chi connectivity index (χ0v) is 12.2. The molecule has 0 aromatic heterocycles. The zero-order valence-electron chi connectivity index (χ0n) is 12.2. The molecule has 110 valence electrons. The van der Waals surface area contributed by atoms with E-state index in [2.05, 4.69) is 4.90 Å². The maximum Gasteiger partial charge on any atom is 0.317 e. The first-order valence-electron chi connectivity index (χ1n) is 7.79. The lowest BCUT2D eigenvalue weighted by Crippen LogP contribution is -2.46. The predicted molar refractivity (Wildman–Crippen MR) is 76.3 cm³/mol. The molecule has 1 heterocycles. The number of nitrogens with zero attached hydrogens (tertiary/aromatic N) is 2. The molecule has 4 nitrogen and oxygen atoms in total. The molecule has 0 aromatic carbocycles. The van der Waals surface area contributed by atoms with Gasteiger partial charge >= 0.3 is 5.97 Å². The van der Waals surface area contributed by atoms with Crippen molar-refractivity contribution >= 4 is 5.97 Å². The number of hydrogen-bond acceptors (Lipinski definition) is 3. The second-order valence-electron chi connectivity index (χ2n) is 6.34. The van der Waals surface area contributed by atoms with Crippen molar-refractivity contribution in [3.8, 4) is 0 Å². The van der Waals surface area contributed by atoms with E-state index >= 15 is 0 Å². The van der Waals surface area contributed by atoms with Gasteiger partial charge in [0.15, 0.2) is 0 Å². The van der Waals surface area contributed by atoms with Gasteiger partial charge in [-0.3, -0.25) is 9.69 Å². The molecule has 1 aliphatic heterocycles. The molecule has 1 saturated heterocycles. The fourth-order valence-corrected chi connectivity index (χ4v) is 3.62. The highest BCUT2D eigenvalue weighted by atomic mass is 16.4. The van der Waals surface area contributed by atoms with E-state index in [0.29, 0.717) is 6.04 Å². The van der Waals surface area contributed by atoms with Crippen LogP contribution in [0.25, 0.3) is 0 Å². The number of likely N-dealkylation sites (tertiary alicyclic amines) is 1. The highest BCUT2D eigenvalue weighted by Crippen LogP contribution is 2.26. The lowest BCUT2D eigenvalue weighted by atomic mass is 9.88. The van der Waals surface area contributed by atoms with Crippen LogP contribution in [0.5, 0.6) is 0 Å². The van der Waals surface area contributed by atoms with Gasteiger partial charge in [0.25, 0.3) is 0 Å². The second kappa shape index (κ2) is 7.25. The van der Waals surface area contributed by atoms with Crippen LogP contribution in [0.15, 0.2) is 0 Å². The topological polar surface area (TPSA) is 43.8 Å². The van der Waals surface area contributed by atoms with Crippen molar-refractivity contribution in [3.05, 3.63) is 0 Å². The van der Waals surface area contributed by atoms with Gasteiger partial charge in [-0.2, -0.15) is 0 Å². The molecule has 1 aliphatic carbocycles. The van der Waals surface area contributed by atoms with Crippen molar-refractivity contribution in [3.63, 3.8) is 0 Å². The van der Waals surface area contributed by atoms with Gasteiger partial charge in [-0.05, 0) is 51.7 Å². The summed E-state index contributed by atoms with van der Waals surface area (Å²) in [4.78, 5) is 15.3. The van der Waals surface area contributed by atoms with Crippen LogP contribution in [0, 0.1) is 5.92 Å². The third-order valence-corrected chi connectivity index (χ3v) is 4.81. The van der Waals surface area contributed by atoms with Gasteiger partial charge in [0.05, 0.1) is 6.54 Å². The quantitative estimate of drug-likeness (QED) is 0.829. The molecule has 0 atom stereocenters. The summed E-state index contributed by atoms with van der Waals surface area (Å²) in [6, 6.07) is 0.457. The molecule has 2 fully saturated rings. The highest BCUT2D eigenvalue weighted by Gasteiger charge is 2.25. The first kappa shape index (κ1) is 14.8. The summed E-state index contributed by atoms with van der Waals surface area (Å²) in [5, 5.41) is 8.83. The van der Waals surface area contributed by atoms with Crippen LogP contribution in [0.3, 0.4) is 0 Å². The van der Waals surface area contributed by atoms with Crippen LogP contribution in [0.4, 0.5) is 0 Å². The average Bonchev–Trinajstić information content (AvgIpc) is 2.40. The number of hydrogen-bond donors (Lipinski definition) is 1. The van der Waals surface area contributed by atoms with Crippen LogP contribution < -0.4 is 0 Å². The predicted octanol–water partition coefficient (Wildman–Crippen LogP) is 2.05. The fourth-order valence-electron chi connectivity index (χ4n) is 3.62. The number of piperidine rings is 1. The molecule has 0 spiro atoms. The summed E-state index contributed by atoms with van der Waals surface area (Å²) in [5.74, 6) is 0.203. The van der Waals surface area contributed by atoms with Gasteiger partial charge in [0.1, 0.15) is 0 Å². The largest absolute Gasteiger partial charge is 0.480 e. The van der Waals surface area contributed by atoms with Crippen molar-refractivity contribution < 1.29 is 9.90 Å². The Morgan fingerprint density at radius 3 is 2.37 bits per heavy atom. The van der Waals surface area contributed by atoms with Gasteiger partial charge in [0.2, 0.25) is 0 Å². The zero-order chi connectivity index (χ0) is 13.7. The maximum absolute atomic E-state index is 10.7. The number of likely N-dealkylation sites (N-methyl/N-ethyl adjacent to an activating group) is 1. The molecule has 0 amide bonds. The molecule has 0 radical (unpaired) electrons. The van der Waals surface area contributed by atoms with E-state index in [0.717, 1.165) is 31.8 Å². The summed E-state index contributed by atoms with van der Waals surface area (Å²) < 4.78 is 0. The van der Waals surface area contributed by atoms with E-state index in [9.17, 15) is 4.79 Å². The summed E-state index contributed by atoms with van der Waals surface area (Å²) in [7, 11) is 1.94. The molecule has 0 unspecified atom stereocenters. The van der Waals surface area contributed by atoms with Crippen LogP contribution in [0.2, 0.25) is 0 Å². The Bertz CT molecular complexity index is 282. The van der Waals surface area contributed by atoms with E-state index < -0.39 is 5.97 Å². The van der Waals surface area contributed by atoms with Gasteiger partial charge in [0, 0.05) is 12.6 Å². The summed E-state index contributed by atoms with van der Waals surface area (Å²) in [5.41, 5.74) is 0. The SMILES string of the molecule is CN(CC(=O)O)C1CCN(CC2CCCCC2)CC1. The Balaban J connectivity index is 1.68. The third kappa shape index (κ3) is 4.77. The Morgan fingerprint density at radius 2 is 1.79 bits per heavy atom. The second-order valence-corrected chi connectivity index (χ2v) is 6.34. The summed E-state index contributed by atoms with van der Waals surface area (Å²) >= 11 is 0. The average molecular weight is 268 g/mol. The minimum absolute atomic E-state index is 0.174. The number of carbonyl (C=O) groups is 1. The number of carboxylic acids is 1. The molecule has 2 aliphatic rings. The van der Waals surface area contributed by atoms with Gasteiger partial charge < -0.3 is 10.0 Å². The highest BCUT2D eigenvalue weighted by molar-refractivity contribution is 5.69. The van der Waals surface area contributed by atoms with E-state index in [4.69, 9.17) is 5.11 Å². The standard InChI is InChI=1S/C15H28N2O2/c1-16(12-15(18)19)14-7-9-17(10-8-14)11-13-5-3-2-4-6-13/h13-14H,2-12H2,1H3,(H,18,19). The molecule has 19 heavy (non-hydrogen) atoms. The van der Waals surface area contributed by atoms with Crippen LogP contribution in [0.1, 0.15) is 44.9 Å². The van der Waals surface area contributed by atoms with Crippen molar-refractivity contribution in [2.45, 2.75) is 51.0 Å². The lowest BCUT2D eigenvalue weighted by molar-refractivity contribution is -0.138. The first-order chi connectivity index (χ1) is 9.15. The van der Waals surface area contributed by atoms with Crippen LogP contribution >= 0.6 is 0 Å². The molecular formula is C15H28N2O2. The van der Waals surface area contributed by atoms with E-state index in [1.165, 1.54) is 38.6 Å². The minimum atomic E-state index is -0.716. The molecule has 0 aromatic rings. The Hall–Kier alpha value is -0.610. The summed E-state index contributed by atoms with van der Waals surface area (Å²) in [6.45, 7) is 3.74. The molecule has 4 heteroatoms. The third-order valence-electron chi connectivity index (χ3n) is 4.81. The first-order valence-corrected chi connectivity index (χ1v) is 7.79. The fraction of sp³-hybridized carbons (Fsp3) is 0.933. The Morgan fingerprint density at radius 1 is 1.16 bits per heavy atom. The van der Waals surface area contributed by atoms with E-state index in [-0.39, 0.29) is 6.54 Å². The minimum Gasteiger partial charge on any atom is -0.480 e. The monoisotopic (exact) mass is 268 g/mol. The van der Waals surface area contributed by atoms with E-state index in [1.54, 1.807) is 0 Å². The van der Waals surface area contributed by atoms with Crippen molar-refractivity contribution in [2.75, 3.05) is 33.2 Å². The van der Waals surface area contributed by atoms with Gasteiger partial charge in [-0.25, -0.2) is 0 Å². The van der Waals surface area contributed by atoms with Crippen LogP contribution in [-0.4, -0.2) is 60.1 Å². The maximum atomic E-state index is 10.7. The van der Waals surface area contributed by atoms with Crippen molar-refractivity contribution in [2.24, 2.45) is 5.92 Å². The van der Waals surface area contributed by atoms with Gasteiger partial charge in [-0.1, -0.05) is 19.3 Å². The Kier molecular flexibility index (Phi) is 5.64. The molecule has 1 saturated carbocycles. The van der Waals surface area contributed by atoms with Crippen molar-refractivity contribution in [1.29, 1.82) is 0 Å². The molecule has 1 N–H and O–H groups in total. The normalized spacial score (nSPS) is 23.9. The molecule has 0 bridgehead atoms. The smallest absolute Gasteiger partial charge is 0.317 e. The Labute approximate surface area is 116 Å². The van der Waals surface area contributed by atoms with Crippen molar-refractivity contribution in [1.82, 2.24) is 9.80 Å². The lowest BCUT2D eigenvalue weighted by Gasteiger charge is -2.38. The number of rotatable bonds is 5.